The van der Waals surface area contributed by atoms with Crippen LogP contribution in [0.3, 0.4) is 0 Å². The summed E-state index contributed by atoms with van der Waals surface area (Å²) in [5.41, 5.74) is 6.53. The molecule has 0 saturated carbocycles. The largest absolute Gasteiger partial charge is 0.387 e. The maximum absolute atomic E-state index is 11.8. The van der Waals surface area contributed by atoms with E-state index in [1.54, 1.807) is 0 Å². The highest BCUT2D eigenvalue weighted by Gasteiger charge is 2.15. The Hall–Kier alpha value is -0.910. The third-order valence-corrected chi connectivity index (χ3v) is 3.84. The highest BCUT2D eigenvalue weighted by Crippen LogP contribution is 2.15. The van der Waals surface area contributed by atoms with Gasteiger partial charge in [0.15, 0.2) is 0 Å². The Labute approximate surface area is 119 Å². The monoisotopic (exact) mass is 284 g/mol. The number of hydrogen-bond acceptors (Lipinski definition) is 4. The molecule has 19 heavy (non-hydrogen) atoms. The Bertz CT molecular complexity index is 366. The Morgan fingerprint density at radius 3 is 2.79 bits per heavy atom. The van der Waals surface area contributed by atoms with E-state index in [-0.39, 0.29) is 24.4 Å². The van der Waals surface area contributed by atoms with Gasteiger partial charge in [0.05, 0.1) is 6.10 Å². The number of carbonyl (C=O) groups is 1. The molecule has 1 aromatic rings. The second kappa shape index (κ2) is 8.30. The van der Waals surface area contributed by atoms with E-state index < -0.39 is 6.10 Å². The normalized spacial score (nSPS) is 15.8. The number of aliphatic hydroxyl groups is 1. The van der Waals surface area contributed by atoms with Gasteiger partial charge >= 0.3 is 0 Å². The fourth-order valence-electron chi connectivity index (χ4n) is 1.83. The lowest BCUT2D eigenvalue weighted by atomic mass is 10.0. The molecule has 5 heteroatoms. The van der Waals surface area contributed by atoms with Gasteiger partial charge in [-0.25, -0.2) is 0 Å². The first-order valence-electron chi connectivity index (χ1n) is 6.74. The molecule has 3 atom stereocenters. The molecule has 108 valence electrons. The highest BCUT2D eigenvalue weighted by atomic mass is 32.1. The van der Waals surface area contributed by atoms with Crippen LogP contribution in [0.5, 0.6) is 0 Å². The standard InChI is InChI=1S/C14H24N2O2S/c1-10(4-3-5-11(2)15)14(18)16-8-13(17)12-6-7-19-9-12/h6-7,9-11,13,17H,3-5,8,15H2,1-2H3,(H,16,18). The van der Waals surface area contributed by atoms with Crippen molar-refractivity contribution in [2.45, 2.75) is 45.3 Å². The smallest absolute Gasteiger partial charge is 0.222 e. The fourth-order valence-corrected chi connectivity index (χ4v) is 2.54. The minimum absolute atomic E-state index is 0.000968. The molecule has 0 aliphatic heterocycles. The zero-order valence-electron chi connectivity index (χ0n) is 11.6. The van der Waals surface area contributed by atoms with E-state index >= 15 is 0 Å². The molecule has 0 aromatic carbocycles. The maximum atomic E-state index is 11.8. The van der Waals surface area contributed by atoms with Gasteiger partial charge in [-0.2, -0.15) is 11.3 Å². The second-order valence-corrected chi connectivity index (χ2v) is 5.91. The van der Waals surface area contributed by atoms with E-state index in [9.17, 15) is 9.90 Å². The Morgan fingerprint density at radius 1 is 1.47 bits per heavy atom. The van der Waals surface area contributed by atoms with Gasteiger partial charge in [-0.05, 0) is 42.2 Å². The first-order valence-corrected chi connectivity index (χ1v) is 7.68. The molecule has 0 spiro atoms. The van der Waals surface area contributed by atoms with Gasteiger partial charge in [-0.15, -0.1) is 0 Å². The fraction of sp³-hybridized carbons (Fsp3) is 0.643. The van der Waals surface area contributed by atoms with Crippen molar-refractivity contribution < 1.29 is 9.90 Å². The van der Waals surface area contributed by atoms with Crippen LogP contribution in [-0.4, -0.2) is 23.6 Å². The predicted molar refractivity (Wildman–Crippen MR) is 79.0 cm³/mol. The molecule has 0 saturated heterocycles. The number of hydrogen-bond donors (Lipinski definition) is 3. The van der Waals surface area contributed by atoms with Crippen LogP contribution in [0.1, 0.15) is 44.8 Å². The maximum Gasteiger partial charge on any atom is 0.222 e. The summed E-state index contributed by atoms with van der Waals surface area (Å²) in [6.07, 6.45) is 2.11. The van der Waals surface area contributed by atoms with Crippen molar-refractivity contribution in [2.75, 3.05) is 6.54 Å². The quantitative estimate of drug-likeness (QED) is 0.684. The average molecular weight is 284 g/mol. The number of nitrogens with one attached hydrogen (secondary N) is 1. The van der Waals surface area contributed by atoms with Gasteiger partial charge in [0.1, 0.15) is 0 Å². The van der Waals surface area contributed by atoms with Crippen LogP contribution in [0.2, 0.25) is 0 Å². The van der Waals surface area contributed by atoms with E-state index in [4.69, 9.17) is 5.73 Å². The lowest BCUT2D eigenvalue weighted by Crippen LogP contribution is -2.32. The highest BCUT2D eigenvalue weighted by molar-refractivity contribution is 7.07. The number of aliphatic hydroxyl groups excluding tert-OH is 1. The third kappa shape index (κ3) is 6.18. The molecule has 1 rings (SSSR count). The molecule has 1 aromatic heterocycles. The zero-order valence-corrected chi connectivity index (χ0v) is 12.5. The van der Waals surface area contributed by atoms with E-state index in [2.05, 4.69) is 5.32 Å². The van der Waals surface area contributed by atoms with Crippen LogP contribution in [0.4, 0.5) is 0 Å². The summed E-state index contributed by atoms with van der Waals surface area (Å²) < 4.78 is 0. The van der Waals surface area contributed by atoms with Crippen molar-refractivity contribution in [3.63, 3.8) is 0 Å². The van der Waals surface area contributed by atoms with Gasteiger partial charge in [0.2, 0.25) is 5.91 Å². The first-order chi connectivity index (χ1) is 9.00. The minimum atomic E-state index is -0.619. The summed E-state index contributed by atoms with van der Waals surface area (Å²) in [7, 11) is 0. The number of rotatable bonds is 8. The average Bonchev–Trinajstić information content (AvgIpc) is 2.88. The van der Waals surface area contributed by atoms with E-state index in [1.165, 1.54) is 11.3 Å². The molecular formula is C14H24N2O2S. The summed E-state index contributed by atoms with van der Waals surface area (Å²) in [6.45, 7) is 4.16. The van der Waals surface area contributed by atoms with Crippen LogP contribution < -0.4 is 11.1 Å². The van der Waals surface area contributed by atoms with Crippen LogP contribution >= 0.6 is 11.3 Å². The van der Waals surface area contributed by atoms with Crippen LogP contribution in [-0.2, 0) is 4.79 Å². The molecular weight excluding hydrogens is 260 g/mol. The molecule has 0 aliphatic carbocycles. The van der Waals surface area contributed by atoms with Gasteiger partial charge < -0.3 is 16.2 Å². The van der Waals surface area contributed by atoms with Crippen molar-refractivity contribution in [2.24, 2.45) is 11.7 Å². The zero-order chi connectivity index (χ0) is 14.3. The molecule has 4 N–H and O–H groups in total. The summed E-state index contributed by atoms with van der Waals surface area (Å²) in [5.74, 6) is -0.0348. The van der Waals surface area contributed by atoms with Crippen molar-refractivity contribution >= 4 is 17.2 Å². The molecule has 4 nitrogen and oxygen atoms in total. The van der Waals surface area contributed by atoms with Crippen molar-refractivity contribution in [1.82, 2.24) is 5.32 Å². The second-order valence-electron chi connectivity index (χ2n) is 5.13. The van der Waals surface area contributed by atoms with Gasteiger partial charge in [-0.1, -0.05) is 13.3 Å². The minimum Gasteiger partial charge on any atom is -0.387 e. The summed E-state index contributed by atoms with van der Waals surface area (Å²) in [5, 5.41) is 16.5. The van der Waals surface area contributed by atoms with Crippen LogP contribution in [0, 0.1) is 5.92 Å². The van der Waals surface area contributed by atoms with Crippen molar-refractivity contribution in [1.29, 1.82) is 0 Å². The molecule has 0 radical (unpaired) electrons. The summed E-state index contributed by atoms with van der Waals surface area (Å²) in [6, 6.07) is 2.06. The van der Waals surface area contributed by atoms with Gasteiger partial charge in [0, 0.05) is 18.5 Å². The predicted octanol–water partition coefficient (Wildman–Crippen LogP) is 2.05. The SMILES string of the molecule is CC(N)CCCC(C)C(=O)NCC(O)c1ccsc1. The number of thiophene rings is 1. The number of nitrogens with two attached hydrogens (primary N) is 1. The van der Waals surface area contributed by atoms with Crippen LogP contribution in [0.25, 0.3) is 0 Å². The summed E-state index contributed by atoms with van der Waals surface area (Å²) in [4.78, 5) is 11.8. The van der Waals surface area contributed by atoms with E-state index in [1.807, 2.05) is 30.7 Å². The Balaban J connectivity index is 2.23. The molecule has 0 aliphatic rings. The van der Waals surface area contributed by atoms with Gasteiger partial charge in [0.25, 0.3) is 0 Å². The lowest BCUT2D eigenvalue weighted by molar-refractivity contribution is -0.125. The Kier molecular flexibility index (Phi) is 7.05. The van der Waals surface area contributed by atoms with E-state index in [0.29, 0.717) is 0 Å². The molecule has 0 bridgehead atoms. The molecule has 1 amide bonds. The van der Waals surface area contributed by atoms with Crippen LogP contribution in [0.15, 0.2) is 16.8 Å². The van der Waals surface area contributed by atoms with Gasteiger partial charge in [-0.3, -0.25) is 4.79 Å². The topological polar surface area (TPSA) is 75.4 Å². The number of carbonyl (C=O) groups excluding carboxylic acids is 1. The molecule has 1 heterocycles. The third-order valence-electron chi connectivity index (χ3n) is 3.14. The Morgan fingerprint density at radius 2 is 2.21 bits per heavy atom. The molecule has 3 unspecified atom stereocenters. The molecule has 0 fully saturated rings. The lowest BCUT2D eigenvalue weighted by Gasteiger charge is -2.15. The first kappa shape index (κ1) is 16.1. The number of amides is 1. The van der Waals surface area contributed by atoms with Crippen molar-refractivity contribution in [3.8, 4) is 0 Å². The van der Waals surface area contributed by atoms with E-state index in [0.717, 1.165) is 24.8 Å². The summed E-state index contributed by atoms with van der Waals surface area (Å²) >= 11 is 1.54. The van der Waals surface area contributed by atoms with Crippen molar-refractivity contribution in [3.05, 3.63) is 22.4 Å².